The molecule has 1 N–H and O–H groups in total. The fourth-order valence-electron chi connectivity index (χ4n) is 2.64. The number of methoxy groups -OCH3 is 1. The van der Waals surface area contributed by atoms with Crippen LogP contribution >= 0.6 is 0 Å². The number of ether oxygens (including phenoxy) is 1. The van der Waals surface area contributed by atoms with E-state index in [1.165, 1.54) is 31.4 Å². The van der Waals surface area contributed by atoms with Gasteiger partial charge in [0.05, 0.1) is 23.2 Å². The molecule has 0 saturated heterocycles. The van der Waals surface area contributed by atoms with Crippen LogP contribution in [-0.4, -0.2) is 28.7 Å². The van der Waals surface area contributed by atoms with Crippen LogP contribution < -0.4 is 4.74 Å². The molecule has 0 fully saturated rings. The Balaban J connectivity index is 2.19. The largest absolute Gasteiger partial charge is 0.504 e. The van der Waals surface area contributed by atoms with Crippen molar-refractivity contribution in [3.63, 3.8) is 0 Å². The number of nitrogens with zero attached hydrogens (tertiary/aromatic N) is 1. The lowest BCUT2D eigenvalue weighted by molar-refractivity contribution is -0.386. The molecule has 1 aliphatic rings. The van der Waals surface area contributed by atoms with Gasteiger partial charge in [0.2, 0.25) is 5.75 Å². The number of carbonyl (C=O) groups excluding carboxylic acids is 2. The fourth-order valence-corrected chi connectivity index (χ4v) is 2.64. The molecule has 3 rings (SSSR count). The minimum absolute atomic E-state index is 0.000781. The zero-order valence-electron chi connectivity index (χ0n) is 12.5. The van der Waals surface area contributed by atoms with Crippen LogP contribution in [0.15, 0.2) is 42.0 Å². The Morgan fingerprint density at radius 1 is 1.08 bits per heavy atom. The van der Waals surface area contributed by atoms with Crippen molar-refractivity contribution in [3.8, 4) is 11.5 Å². The molecule has 0 saturated carbocycles. The molecule has 2 aromatic carbocycles. The number of allylic oxidation sites excluding steroid dienone is 1. The SMILES string of the molecule is COc1c(O)ccc(C=C2C(=O)c3ccccc3C2=O)c1[N+](=O)[O-]. The number of carbonyl (C=O) groups is 2. The van der Waals surface area contributed by atoms with Gasteiger partial charge >= 0.3 is 5.69 Å². The molecule has 7 nitrogen and oxygen atoms in total. The molecule has 0 radical (unpaired) electrons. The van der Waals surface area contributed by atoms with Crippen LogP contribution in [0, 0.1) is 10.1 Å². The number of rotatable bonds is 3. The summed E-state index contributed by atoms with van der Waals surface area (Å²) in [5.74, 6) is -1.71. The van der Waals surface area contributed by atoms with Crippen LogP contribution in [0.3, 0.4) is 0 Å². The molecule has 0 heterocycles. The Labute approximate surface area is 136 Å². The molecule has 0 aromatic heterocycles. The molecule has 0 aliphatic heterocycles. The highest BCUT2D eigenvalue weighted by atomic mass is 16.6. The van der Waals surface area contributed by atoms with Gasteiger partial charge in [0.15, 0.2) is 17.3 Å². The van der Waals surface area contributed by atoms with Gasteiger partial charge < -0.3 is 9.84 Å². The quantitative estimate of drug-likeness (QED) is 0.402. The van der Waals surface area contributed by atoms with Crippen LogP contribution in [0.1, 0.15) is 26.3 Å². The Morgan fingerprint density at radius 2 is 1.67 bits per heavy atom. The topological polar surface area (TPSA) is 107 Å². The number of phenols is 1. The average molecular weight is 325 g/mol. The molecule has 120 valence electrons. The van der Waals surface area contributed by atoms with Crippen molar-refractivity contribution in [1.82, 2.24) is 0 Å². The number of Topliss-reactive ketones (excluding diaryl/α,β-unsaturated/α-hetero) is 2. The van der Waals surface area contributed by atoms with E-state index in [1.54, 1.807) is 12.1 Å². The maximum absolute atomic E-state index is 12.4. The van der Waals surface area contributed by atoms with Crippen LogP contribution in [0.5, 0.6) is 11.5 Å². The zero-order valence-corrected chi connectivity index (χ0v) is 12.5. The summed E-state index contributed by atoms with van der Waals surface area (Å²) in [6, 6.07) is 8.80. The lowest BCUT2D eigenvalue weighted by Gasteiger charge is -2.06. The van der Waals surface area contributed by atoms with Crippen molar-refractivity contribution in [3.05, 3.63) is 68.8 Å². The molecular formula is C17H11NO6. The van der Waals surface area contributed by atoms with E-state index < -0.39 is 27.9 Å². The molecule has 7 heteroatoms. The molecule has 2 aromatic rings. The predicted octanol–water partition coefficient (Wildman–Crippen LogP) is 2.77. The lowest BCUT2D eigenvalue weighted by Crippen LogP contribution is -2.02. The third kappa shape index (κ3) is 2.23. The fraction of sp³-hybridized carbons (Fsp3) is 0.0588. The van der Waals surface area contributed by atoms with E-state index in [1.807, 2.05) is 0 Å². The highest BCUT2D eigenvalue weighted by Gasteiger charge is 2.34. The first-order valence-electron chi connectivity index (χ1n) is 6.90. The van der Waals surface area contributed by atoms with Gasteiger partial charge in [-0.1, -0.05) is 24.3 Å². The van der Waals surface area contributed by atoms with E-state index in [0.29, 0.717) is 0 Å². The summed E-state index contributed by atoms with van der Waals surface area (Å²) in [6.45, 7) is 0. The van der Waals surface area contributed by atoms with Crippen molar-refractivity contribution in [2.45, 2.75) is 0 Å². The smallest absolute Gasteiger partial charge is 0.322 e. The van der Waals surface area contributed by atoms with Crippen LogP contribution in [-0.2, 0) is 0 Å². The molecule has 1 aliphatic carbocycles. The van der Waals surface area contributed by atoms with Gasteiger partial charge in [-0.15, -0.1) is 0 Å². The summed E-state index contributed by atoms with van der Waals surface area (Å²) in [5.41, 5.74) is -0.142. The van der Waals surface area contributed by atoms with Crippen molar-refractivity contribution in [2.24, 2.45) is 0 Å². The van der Waals surface area contributed by atoms with Crippen LogP contribution in [0.25, 0.3) is 6.08 Å². The molecule has 0 unspecified atom stereocenters. The summed E-state index contributed by atoms with van der Waals surface area (Å²) in [4.78, 5) is 35.3. The third-order valence-corrected chi connectivity index (χ3v) is 3.73. The summed E-state index contributed by atoms with van der Waals surface area (Å²) < 4.78 is 4.87. The Morgan fingerprint density at radius 3 is 2.17 bits per heavy atom. The number of hydrogen-bond donors (Lipinski definition) is 1. The summed E-state index contributed by atoms with van der Waals surface area (Å²) in [7, 11) is 1.18. The number of nitro benzene ring substituents is 1. The molecule has 24 heavy (non-hydrogen) atoms. The van der Waals surface area contributed by atoms with Crippen molar-refractivity contribution in [2.75, 3.05) is 7.11 Å². The second-order valence-corrected chi connectivity index (χ2v) is 5.07. The maximum atomic E-state index is 12.4. The highest BCUT2D eigenvalue weighted by Crippen LogP contribution is 2.40. The van der Waals surface area contributed by atoms with Gasteiger partial charge in [-0.3, -0.25) is 19.7 Å². The Hall–Kier alpha value is -3.48. The number of benzene rings is 2. The Kier molecular flexibility index (Phi) is 3.61. The van der Waals surface area contributed by atoms with E-state index in [9.17, 15) is 24.8 Å². The second-order valence-electron chi connectivity index (χ2n) is 5.07. The van der Waals surface area contributed by atoms with E-state index in [2.05, 4.69) is 0 Å². The second kappa shape index (κ2) is 5.62. The van der Waals surface area contributed by atoms with E-state index in [4.69, 9.17) is 4.74 Å². The van der Waals surface area contributed by atoms with Gasteiger partial charge in [-0.2, -0.15) is 0 Å². The Bertz CT molecular complexity index is 892. The number of phenolic OH excluding ortho intramolecular Hbond substituents is 1. The van der Waals surface area contributed by atoms with Crippen LogP contribution in [0.2, 0.25) is 0 Å². The number of nitro groups is 1. The number of fused-ring (bicyclic) bond motifs is 1. The van der Waals surface area contributed by atoms with Crippen LogP contribution in [0.4, 0.5) is 5.69 Å². The summed E-state index contributed by atoms with van der Waals surface area (Å²) in [5, 5.41) is 21.0. The first-order valence-corrected chi connectivity index (χ1v) is 6.90. The minimum Gasteiger partial charge on any atom is -0.504 e. The van der Waals surface area contributed by atoms with E-state index in [-0.39, 0.29) is 28.0 Å². The molecule has 0 bridgehead atoms. The number of ketones is 2. The monoisotopic (exact) mass is 325 g/mol. The lowest BCUT2D eigenvalue weighted by atomic mass is 10.0. The first kappa shape index (κ1) is 15.4. The molecular weight excluding hydrogens is 314 g/mol. The number of hydrogen-bond acceptors (Lipinski definition) is 6. The van der Waals surface area contributed by atoms with E-state index in [0.717, 1.165) is 6.08 Å². The highest BCUT2D eigenvalue weighted by molar-refractivity contribution is 6.41. The van der Waals surface area contributed by atoms with Gasteiger partial charge in [0.25, 0.3) is 0 Å². The molecule has 0 spiro atoms. The summed E-state index contributed by atoms with van der Waals surface area (Å²) >= 11 is 0. The zero-order chi connectivity index (χ0) is 17.4. The maximum Gasteiger partial charge on any atom is 0.322 e. The van der Waals surface area contributed by atoms with Crippen molar-refractivity contribution in [1.29, 1.82) is 0 Å². The normalized spacial score (nSPS) is 13.0. The first-order chi connectivity index (χ1) is 11.5. The van der Waals surface area contributed by atoms with Gasteiger partial charge in [0, 0.05) is 11.1 Å². The number of aromatic hydroxyl groups is 1. The molecule has 0 atom stereocenters. The summed E-state index contributed by atoms with van der Waals surface area (Å²) in [6.07, 6.45) is 1.16. The van der Waals surface area contributed by atoms with E-state index >= 15 is 0 Å². The van der Waals surface area contributed by atoms with Gasteiger partial charge in [-0.25, -0.2) is 0 Å². The van der Waals surface area contributed by atoms with Gasteiger partial charge in [0.1, 0.15) is 0 Å². The van der Waals surface area contributed by atoms with Crippen molar-refractivity contribution < 1.29 is 24.4 Å². The average Bonchev–Trinajstić information content (AvgIpc) is 2.81. The van der Waals surface area contributed by atoms with Gasteiger partial charge in [-0.05, 0) is 18.2 Å². The van der Waals surface area contributed by atoms with Crippen molar-refractivity contribution >= 4 is 23.3 Å². The molecule has 0 amide bonds. The standard InChI is InChI=1S/C17H11NO6/c1-24-17-13(19)7-6-9(14(17)18(22)23)8-12-15(20)10-4-2-3-5-11(10)16(12)21/h2-8,19H,1H3. The minimum atomic E-state index is -0.734. The predicted molar refractivity (Wildman–Crippen MR) is 84.4 cm³/mol. The third-order valence-electron chi connectivity index (χ3n) is 3.73.